The fourth-order valence-corrected chi connectivity index (χ4v) is 2.34. The first-order valence-electron chi connectivity index (χ1n) is 6.82. The zero-order valence-electron chi connectivity index (χ0n) is 11.4. The summed E-state index contributed by atoms with van der Waals surface area (Å²) >= 11 is 0. The number of para-hydroxylation sites is 1. The molecular formula is C17H16N2O. The van der Waals surface area contributed by atoms with E-state index < -0.39 is 0 Å². The Kier molecular flexibility index (Phi) is 3.33. The molecule has 0 atom stereocenters. The number of carbonyl (C=O) groups excluding carboxylic acids is 1. The SMILES string of the molecule is CCC(=O)Cn1nc(-c2ccccc2)c2ccccc21. The molecule has 0 unspecified atom stereocenters. The molecule has 0 aliphatic heterocycles. The molecule has 0 aliphatic rings. The van der Waals surface area contributed by atoms with Crippen molar-refractivity contribution >= 4 is 16.7 Å². The minimum Gasteiger partial charge on any atom is -0.298 e. The van der Waals surface area contributed by atoms with E-state index >= 15 is 0 Å². The first-order chi connectivity index (χ1) is 9.79. The summed E-state index contributed by atoms with van der Waals surface area (Å²) in [4.78, 5) is 11.7. The van der Waals surface area contributed by atoms with Crippen molar-refractivity contribution in [2.24, 2.45) is 0 Å². The summed E-state index contributed by atoms with van der Waals surface area (Å²) in [6, 6.07) is 18.1. The maximum absolute atomic E-state index is 11.7. The third-order valence-electron chi connectivity index (χ3n) is 3.43. The minimum atomic E-state index is 0.192. The number of fused-ring (bicyclic) bond motifs is 1. The summed E-state index contributed by atoms with van der Waals surface area (Å²) in [6.45, 7) is 2.22. The van der Waals surface area contributed by atoms with Crippen LogP contribution in [0.4, 0.5) is 0 Å². The molecule has 0 N–H and O–H groups in total. The summed E-state index contributed by atoms with van der Waals surface area (Å²) in [6.07, 6.45) is 0.537. The highest BCUT2D eigenvalue weighted by Gasteiger charge is 2.12. The van der Waals surface area contributed by atoms with Gasteiger partial charge in [-0.05, 0) is 6.07 Å². The van der Waals surface area contributed by atoms with Crippen LogP contribution in [0.5, 0.6) is 0 Å². The van der Waals surface area contributed by atoms with Gasteiger partial charge in [0.1, 0.15) is 12.2 Å². The molecule has 0 saturated carbocycles. The second-order valence-corrected chi connectivity index (χ2v) is 4.78. The highest BCUT2D eigenvalue weighted by Crippen LogP contribution is 2.27. The number of benzene rings is 2. The van der Waals surface area contributed by atoms with Crippen LogP contribution >= 0.6 is 0 Å². The van der Waals surface area contributed by atoms with Gasteiger partial charge in [-0.3, -0.25) is 9.48 Å². The van der Waals surface area contributed by atoms with Crippen molar-refractivity contribution in [1.82, 2.24) is 9.78 Å². The van der Waals surface area contributed by atoms with Crippen LogP contribution in [0.25, 0.3) is 22.2 Å². The molecule has 1 heterocycles. The van der Waals surface area contributed by atoms with Gasteiger partial charge in [-0.1, -0.05) is 55.5 Å². The van der Waals surface area contributed by atoms with Crippen LogP contribution in [0.1, 0.15) is 13.3 Å². The molecule has 0 fully saturated rings. The molecule has 3 nitrogen and oxygen atoms in total. The van der Waals surface area contributed by atoms with E-state index in [2.05, 4.69) is 11.2 Å². The molecule has 0 spiro atoms. The molecule has 0 aliphatic carbocycles. The van der Waals surface area contributed by atoms with Crippen molar-refractivity contribution in [3.8, 4) is 11.3 Å². The van der Waals surface area contributed by atoms with E-state index in [1.165, 1.54) is 0 Å². The Balaban J connectivity index is 2.16. The molecule has 0 saturated heterocycles. The van der Waals surface area contributed by atoms with E-state index in [0.29, 0.717) is 13.0 Å². The quantitative estimate of drug-likeness (QED) is 0.720. The van der Waals surface area contributed by atoms with E-state index in [4.69, 9.17) is 0 Å². The summed E-state index contributed by atoms with van der Waals surface area (Å²) in [7, 11) is 0. The number of carbonyl (C=O) groups is 1. The lowest BCUT2D eigenvalue weighted by atomic mass is 10.1. The average Bonchev–Trinajstić information content (AvgIpc) is 2.87. The lowest BCUT2D eigenvalue weighted by molar-refractivity contribution is -0.119. The molecule has 20 heavy (non-hydrogen) atoms. The first-order valence-corrected chi connectivity index (χ1v) is 6.82. The van der Waals surface area contributed by atoms with Crippen molar-refractivity contribution in [1.29, 1.82) is 0 Å². The van der Waals surface area contributed by atoms with Crippen LogP contribution in [0.3, 0.4) is 0 Å². The molecule has 3 aromatic rings. The van der Waals surface area contributed by atoms with Crippen molar-refractivity contribution < 1.29 is 4.79 Å². The number of aromatic nitrogens is 2. The van der Waals surface area contributed by atoms with Gasteiger partial charge in [-0.2, -0.15) is 5.10 Å². The van der Waals surface area contributed by atoms with Crippen molar-refractivity contribution in [3.05, 3.63) is 54.6 Å². The van der Waals surface area contributed by atoms with E-state index in [1.54, 1.807) is 0 Å². The van der Waals surface area contributed by atoms with Crippen LogP contribution in [-0.2, 0) is 11.3 Å². The number of hydrogen-bond donors (Lipinski definition) is 0. The summed E-state index contributed by atoms with van der Waals surface area (Å²) < 4.78 is 1.81. The Hall–Kier alpha value is -2.42. The smallest absolute Gasteiger partial charge is 0.154 e. The summed E-state index contributed by atoms with van der Waals surface area (Å²) in [5.41, 5.74) is 3.02. The molecule has 100 valence electrons. The van der Waals surface area contributed by atoms with E-state index in [9.17, 15) is 4.79 Å². The molecule has 1 aromatic heterocycles. The Bertz CT molecular complexity index is 744. The van der Waals surface area contributed by atoms with E-state index in [0.717, 1.165) is 22.2 Å². The Morgan fingerprint density at radius 3 is 2.50 bits per heavy atom. The lowest BCUT2D eigenvalue weighted by Gasteiger charge is -2.00. The Labute approximate surface area is 117 Å². The first kappa shape index (κ1) is 12.6. The second kappa shape index (κ2) is 5.29. The highest BCUT2D eigenvalue weighted by molar-refractivity contribution is 5.94. The third kappa shape index (κ3) is 2.23. The normalized spacial score (nSPS) is 10.8. The van der Waals surface area contributed by atoms with Crippen molar-refractivity contribution in [2.75, 3.05) is 0 Å². The molecule has 0 radical (unpaired) electrons. The number of Topliss-reactive ketones (excluding diaryl/α,β-unsaturated/α-hetero) is 1. The van der Waals surface area contributed by atoms with Gasteiger partial charge in [0.25, 0.3) is 0 Å². The largest absolute Gasteiger partial charge is 0.298 e. The van der Waals surface area contributed by atoms with Gasteiger partial charge in [-0.15, -0.1) is 0 Å². The molecule has 0 bridgehead atoms. The van der Waals surface area contributed by atoms with Crippen LogP contribution in [0.15, 0.2) is 54.6 Å². The fourth-order valence-electron chi connectivity index (χ4n) is 2.34. The van der Waals surface area contributed by atoms with Gasteiger partial charge in [-0.25, -0.2) is 0 Å². The van der Waals surface area contributed by atoms with Crippen LogP contribution in [-0.4, -0.2) is 15.6 Å². The lowest BCUT2D eigenvalue weighted by Crippen LogP contribution is -2.09. The van der Waals surface area contributed by atoms with E-state index in [1.807, 2.05) is 60.1 Å². The van der Waals surface area contributed by atoms with Crippen LogP contribution in [0.2, 0.25) is 0 Å². The number of ketones is 1. The van der Waals surface area contributed by atoms with Crippen LogP contribution in [0, 0.1) is 0 Å². The fraction of sp³-hybridized carbons (Fsp3) is 0.176. The highest BCUT2D eigenvalue weighted by atomic mass is 16.1. The summed E-state index contributed by atoms with van der Waals surface area (Å²) in [5.74, 6) is 0.192. The van der Waals surface area contributed by atoms with Gasteiger partial charge >= 0.3 is 0 Å². The summed E-state index contributed by atoms with van der Waals surface area (Å²) in [5, 5.41) is 5.73. The second-order valence-electron chi connectivity index (χ2n) is 4.78. The predicted octanol–water partition coefficient (Wildman–Crippen LogP) is 3.68. The topological polar surface area (TPSA) is 34.9 Å². The maximum Gasteiger partial charge on any atom is 0.154 e. The third-order valence-corrected chi connectivity index (χ3v) is 3.43. The van der Waals surface area contributed by atoms with Gasteiger partial charge in [0.05, 0.1) is 5.52 Å². The number of rotatable bonds is 4. The zero-order valence-corrected chi connectivity index (χ0v) is 11.4. The van der Waals surface area contributed by atoms with Gasteiger partial charge in [0.15, 0.2) is 5.78 Å². The van der Waals surface area contributed by atoms with Gasteiger partial charge in [0, 0.05) is 17.4 Å². The monoisotopic (exact) mass is 264 g/mol. The van der Waals surface area contributed by atoms with Crippen molar-refractivity contribution in [2.45, 2.75) is 19.9 Å². The maximum atomic E-state index is 11.7. The molecule has 3 heteroatoms. The Morgan fingerprint density at radius 2 is 1.75 bits per heavy atom. The van der Waals surface area contributed by atoms with Crippen molar-refractivity contribution in [3.63, 3.8) is 0 Å². The van der Waals surface area contributed by atoms with E-state index in [-0.39, 0.29) is 5.78 Å². The van der Waals surface area contributed by atoms with Gasteiger partial charge in [0.2, 0.25) is 0 Å². The minimum absolute atomic E-state index is 0.192. The molecule has 2 aromatic carbocycles. The van der Waals surface area contributed by atoms with Crippen LogP contribution < -0.4 is 0 Å². The molecule has 3 rings (SSSR count). The number of hydrogen-bond acceptors (Lipinski definition) is 2. The standard InChI is InChI=1S/C17H16N2O/c1-2-14(20)12-19-16-11-7-6-10-15(16)17(18-19)13-8-4-3-5-9-13/h3-11H,2,12H2,1H3. The number of nitrogens with zero attached hydrogens (tertiary/aromatic N) is 2. The van der Waals surface area contributed by atoms with Gasteiger partial charge < -0.3 is 0 Å². The Morgan fingerprint density at radius 1 is 1.05 bits per heavy atom. The zero-order chi connectivity index (χ0) is 13.9. The average molecular weight is 264 g/mol. The predicted molar refractivity (Wildman–Crippen MR) is 80.5 cm³/mol. The molecular weight excluding hydrogens is 248 g/mol. The molecule has 0 amide bonds.